The number of aromatic nitrogens is 2. The lowest BCUT2D eigenvalue weighted by molar-refractivity contribution is -0.0215. The first kappa shape index (κ1) is 15.5. The van der Waals surface area contributed by atoms with Crippen LogP contribution in [0.3, 0.4) is 0 Å². The first-order valence-electron chi connectivity index (χ1n) is 6.19. The zero-order valence-electron chi connectivity index (χ0n) is 11.3. The monoisotopic (exact) mass is 392 g/mol. The van der Waals surface area contributed by atoms with Gasteiger partial charge in [-0.2, -0.15) is 0 Å². The Morgan fingerprint density at radius 2 is 2.30 bits per heavy atom. The highest BCUT2D eigenvalue weighted by molar-refractivity contribution is 14.1. The Balaban J connectivity index is 2.56. The second kappa shape index (κ2) is 5.45. The summed E-state index contributed by atoms with van der Waals surface area (Å²) in [5.41, 5.74) is -1.10. The molecular formula is C13H17IN2O4. The summed E-state index contributed by atoms with van der Waals surface area (Å²) in [6.45, 7) is 7.53. The predicted octanol–water partition coefficient (Wildman–Crippen LogP) is 0.812. The number of hydrogen-bond acceptors (Lipinski definition) is 4. The quantitative estimate of drug-likeness (QED) is 0.453. The molecule has 1 saturated heterocycles. The normalized spacial score (nSPS) is 33.3. The summed E-state index contributed by atoms with van der Waals surface area (Å²) in [7, 11) is 0. The number of alkyl halides is 1. The molecule has 2 heterocycles. The van der Waals surface area contributed by atoms with Crippen molar-refractivity contribution >= 4 is 22.6 Å². The molecular weight excluding hydrogens is 375 g/mol. The van der Waals surface area contributed by atoms with Crippen LogP contribution in [0.4, 0.5) is 0 Å². The summed E-state index contributed by atoms with van der Waals surface area (Å²) in [6, 6.07) is 1.26. The van der Waals surface area contributed by atoms with Crippen molar-refractivity contribution in [2.75, 3.05) is 4.43 Å². The average molecular weight is 392 g/mol. The molecule has 1 aromatic rings. The van der Waals surface area contributed by atoms with E-state index in [1.165, 1.54) is 16.8 Å². The molecule has 7 heteroatoms. The van der Waals surface area contributed by atoms with Gasteiger partial charge in [0.25, 0.3) is 5.56 Å². The topological polar surface area (TPSA) is 84.3 Å². The van der Waals surface area contributed by atoms with Crippen LogP contribution in [0.15, 0.2) is 34.0 Å². The van der Waals surface area contributed by atoms with Crippen LogP contribution in [0.5, 0.6) is 0 Å². The summed E-state index contributed by atoms with van der Waals surface area (Å²) in [5, 5.41) is 10.5. The molecule has 0 bridgehead atoms. The van der Waals surface area contributed by atoms with E-state index in [-0.39, 0.29) is 6.10 Å². The first-order valence-corrected chi connectivity index (χ1v) is 7.72. The Hall–Kier alpha value is -0.930. The third-order valence-corrected chi connectivity index (χ3v) is 4.83. The summed E-state index contributed by atoms with van der Waals surface area (Å²) < 4.78 is 7.72. The van der Waals surface area contributed by atoms with Crippen molar-refractivity contribution in [1.29, 1.82) is 0 Å². The van der Waals surface area contributed by atoms with E-state index in [0.717, 1.165) is 5.57 Å². The molecule has 1 aliphatic rings. The van der Waals surface area contributed by atoms with Gasteiger partial charge in [-0.1, -0.05) is 34.7 Å². The van der Waals surface area contributed by atoms with Gasteiger partial charge in [-0.15, -0.1) is 0 Å². The lowest BCUT2D eigenvalue weighted by atomic mass is 9.77. The fourth-order valence-corrected chi connectivity index (χ4v) is 3.15. The number of aliphatic hydroxyl groups excluding tert-OH is 1. The van der Waals surface area contributed by atoms with Crippen LogP contribution < -0.4 is 11.2 Å². The van der Waals surface area contributed by atoms with Crippen molar-refractivity contribution in [3.63, 3.8) is 0 Å². The number of rotatable bonds is 3. The van der Waals surface area contributed by atoms with E-state index in [4.69, 9.17) is 4.74 Å². The number of hydrogen-bond donors (Lipinski definition) is 2. The molecule has 4 atom stereocenters. The van der Waals surface area contributed by atoms with Crippen molar-refractivity contribution in [1.82, 2.24) is 9.55 Å². The molecule has 0 amide bonds. The lowest BCUT2D eigenvalue weighted by Crippen LogP contribution is -2.42. The van der Waals surface area contributed by atoms with Gasteiger partial charge in [-0.3, -0.25) is 14.3 Å². The van der Waals surface area contributed by atoms with E-state index in [1.807, 2.05) is 6.92 Å². The highest BCUT2D eigenvalue weighted by Crippen LogP contribution is 2.49. The Kier molecular flexibility index (Phi) is 4.22. The second-order valence-electron chi connectivity index (χ2n) is 5.21. The van der Waals surface area contributed by atoms with Gasteiger partial charge in [0.2, 0.25) is 0 Å². The van der Waals surface area contributed by atoms with Gasteiger partial charge in [0, 0.05) is 16.7 Å². The highest BCUT2D eigenvalue weighted by atomic mass is 127. The third kappa shape index (κ3) is 2.27. The number of aromatic amines is 1. The maximum absolute atomic E-state index is 12.0. The van der Waals surface area contributed by atoms with E-state index in [1.54, 1.807) is 6.92 Å². The minimum absolute atomic E-state index is 0.388. The third-order valence-electron chi connectivity index (χ3n) is 3.96. The maximum atomic E-state index is 12.0. The molecule has 0 aliphatic carbocycles. The molecule has 0 spiro atoms. The highest BCUT2D eigenvalue weighted by Gasteiger charge is 2.54. The second-order valence-corrected chi connectivity index (χ2v) is 6.09. The van der Waals surface area contributed by atoms with Gasteiger partial charge in [-0.05, 0) is 13.8 Å². The van der Waals surface area contributed by atoms with Crippen LogP contribution in [0.2, 0.25) is 0 Å². The Bertz CT molecular complexity index is 638. The fraction of sp³-hybridized carbons (Fsp3) is 0.538. The van der Waals surface area contributed by atoms with Crippen molar-refractivity contribution in [2.24, 2.45) is 5.41 Å². The summed E-state index contributed by atoms with van der Waals surface area (Å²) in [6.07, 6.45) is -0.462. The van der Waals surface area contributed by atoms with Gasteiger partial charge in [0.1, 0.15) is 6.23 Å². The Labute approximate surface area is 129 Å². The van der Waals surface area contributed by atoms with Crippen molar-refractivity contribution < 1.29 is 9.84 Å². The number of nitrogens with zero attached hydrogens (tertiary/aromatic N) is 1. The SMILES string of the molecule is C=C(C)[C@]1(C)[C@H](O)[C@@H](CI)O[C@H]1n1ccc(=O)[nH]c1=O. The number of nitrogens with one attached hydrogen (secondary N) is 1. The zero-order chi connectivity index (χ0) is 15.1. The van der Waals surface area contributed by atoms with Crippen molar-refractivity contribution in [3.05, 3.63) is 45.3 Å². The van der Waals surface area contributed by atoms with E-state index < -0.39 is 29.0 Å². The van der Waals surface area contributed by atoms with Crippen LogP contribution in [0.25, 0.3) is 0 Å². The van der Waals surface area contributed by atoms with Crippen molar-refractivity contribution in [2.45, 2.75) is 32.3 Å². The molecule has 0 aromatic carbocycles. The van der Waals surface area contributed by atoms with Gasteiger partial charge in [-0.25, -0.2) is 4.79 Å². The molecule has 1 fully saturated rings. The number of halogens is 1. The predicted molar refractivity (Wildman–Crippen MR) is 83.0 cm³/mol. The zero-order valence-corrected chi connectivity index (χ0v) is 13.5. The molecule has 20 heavy (non-hydrogen) atoms. The maximum Gasteiger partial charge on any atom is 0.330 e. The minimum Gasteiger partial charge on any atom is -0.389 e. The summed E-state index contributed by atoms with van der Waals surface area (Å²) in [4.78, 5) is 25.3. The summed E-state index contributed by atoms with van der Waals surface area (Å²) >= 11 is 2.13. The van der Waals surface area contributed by atoms with Gasteiger partial charge in [0.05, 0.1) is 17.6 Å². The number of H-pyrrole nitrogens is 1. The van der Waals surface area contributed by atoms with Crippen LogP contribution >= 0.6 is 22.6 Å². The minimum atomic E-state index is -0.794. The van der Waals surface area contributed by atoms with E-state index >= 15 is 0 Å². The van der Waals surface area contributed by atoms with Gasteiger partial charge >= 0.3 is 5.69 Å². The van der Waals surface area contributed by atoms with Gasteiger partial charge in [0.15, 0.2) is 0 Å². The van der Waals surface area contributed by atoms with Gasteiger partial charge < -0.3 is 9.84 Å². The van der Waals surface area contributed by atoms with E-state index in [9.17, 15) is 14.7 Å². The molecule has 0 radical (unpaired) electrons. The molecule has 6 nitrogen and oxygen atoms in total. The number of aliphatic hydroxyl groups is 1. The van der Waals surface area contributed by atoms with Crippen LogP contribution in [0.1, 0.15) is 20.1 Å². The molecule has 0 unspecified atom stereocenters. The average Bonchev–Trinajstić information content (AvgIpc) is 2.64. The molecule has 2 N–H and O–H groups in total. The molecule has 2 rings (SSSR count). The summed E-state index contributed by atoms with van der Waals surface area (Å²) in [5.74, 6) is 0. The standard InChI is InChI=1S/C13H17IN2O4/c1-7(2)13(3)10(18)8(6-14)20-11(13)16-5-4-9(17)15-12(16)19/h4-5,8,10-11,18H,1,6H2,2-3H3,(H,15,17,19)/t8-,10-,11-,13-/m1/s1. The molecule has 1 aromatic heterocycles. The Morgan fingerprint density at radius 1 is 1.65 bits per heavy atom. The molecule has 1 aliphatic heterocycles. The molecule has 0 saturated carbocycles. The van der Waals surface area contributed by atoms with Crippen molar-refractivity contribution in [3.8, 4) is 0 Å². The Morgan fingerprint density at radius 3 is 2.80 bits per heavy atom. The van der Waals surface area contributed by atoms with E-state index in [0.29, 0.717) is 4.43 Å². The number of ether oxygens (including phenoxy) is 1. The van der Waals surface area contributed by atoms with Crippen LogP contribution in [-0.4, -0.2) is 31.3 Å². The largest absolute Gasteiger partial charge is 0.389 e. The van der Waals surface area contributed by atoms with Crippen LogP contribution in [0, 0.1) is 5.41 Å². The smallest absolute Gasteiger partial charge is 0.330 e. The fourth-order valence-electron chi connectivity index (χ4n) is 2.46. The lowest BCUT2D eigenvalue weighted by Gasteiger charge is -2.33. The van der Waals surface area contributed by atoms with Crippen LogP contribution in [-0.2, 0) is 4.74 Å². The van der Waals surface area contributed by atoms with E-state index in [2.05, 4.69) is 34.2 Å². The molecule has 110 valence electrons. The first-order chi connectivity index (χ1) is 9.32.